The maximum Gasteiger partial charge on any atom is 0.0895 e. The van der Waals surface area contributed by atoms with Crippen molar-refractivity contribution in [2.75, 3.05) is 7.05 Å². The van der Waals surface area contributed by atoms with E-state index in [1.54, 1.807) is 0 Å². The van der Waals surface area contributed by atoms with Gasteiger partial charge in [-0.3, -0.25) is 0 Å². The molecule has 0 saturated carbocycles. The van der Waals surface area contributed by atoms with E-state index in [0.717, 1.165) is 0 Å². The van der Waals surface area contributed by atoms with Gasteiger partial charge in [-0.25, -0.2) is 0 Å². The monoisotopic (exact) mass is 146 g/mol. The van der Waals surface area contributed by atoms with Crippen molar-refractivity contribution in [3.63, 3.8) is 0 Å². The van der Waals surface area contributed by atoms with Gasteiger partial charge in [-0.2, -0.15) is 0 Å². The van der Waals surface area contributed by atoms with Crippen LogP contribution in [0.1, 0.15) is 20.8 Å². The molecule has 0 bridgehead atoms. The summed E-state index contributed by atoms with van der Waals surface area (Å²) in [6, 6.07) is 0. The Morgan fingerprint density at radius 3 is 1.90 bits per heavy atom. The zero-order valence-corrected chi connectivity index (χ0v) is 6.66. The topological polar surface area (TPSA) is 64.7 Å². The Morgan fingerprint density at radius 1 is 1.40 bits per heavy atom. The summed E-state index contributed by atoms with van der Waals surface area (Å²) in [6.07, 6.45) is 0. The molecule has 0 spiro atoms. The van der Waals surface area contributed by atoms with Crippen LogP contribution in [-0.4, -0.2) is 22.6 Å². The lowest BCUT2D eigenvalue weighted by molar-refractivity contribution is -0.699. The standard InChI is InChI=1S/C5H13N3O2/c1-5(2,3)7(4)8(10)6-9/h9H,1-4H3/p-1/b8-6+. The van der Waals surface area contributed by atoms with Gasteiger partial charge in [0.05, 0.1) is 12.6 Å². The van der Waals surface area contributed by atoms with Gasteiger partial charge in [0.1, 0.15) is 0 Å². The molecule has 0 unspecified atom stereocenters. The molecule has 0 aliphatic heterocycles. The Bertz CT molecular complexity index is 138. The molecule has 5 heteroatoms. The fraction of sp³-hybridized carbons (Fsp3) is 1.00. The van der Waals surface area contributed by atoms with Crippen LogP contribution in [0.2, 0.25) is 0 Å². The predicted molar refractivity (Wildman–Crippen MR) is 36.9 cm³/mol. The number of nitrogens with zero attached hydrogens (tertiary/aromatic N) is 3. The Balaban J connectivity index is 4.23. The highest BCUT2D eigenvalue weighted by molar-refractivity contribution is 4.65. The van der Waals surface area contributed by atoms with Crippen LogP contribution in [0, 0.1) is 10.4 Å². The minimum atomic E-state index is -0.365. The second-order valence-corrected chi connectivity index (χ2v) is 3.03. The molecule has 10 heavy (non-hydrogen) atoms. The van der Waals surface area contributed by atoms with Gasteiger partial charge in [0, 0.05) is 4.97 Å². The lowest BCUT2D eigenvalue weighted by Crippen LogP contribution is -2.42. The van der Waals surface area contributed by atoms with Crippen LogP contribution in [0.25, 0.3) is 0 Å². The van der Waals surface area contributed by atoms with Gasteiger partial charge in [0.15, 0.2) is 0 Å². The fourth-order valence-electron chi connectivity index (χ4n) is 0.311. The van der Waals surface area contributed by atoms with E-state index in [1.807, 2.05) is 20.8 Å². The molecule has 0 aliphatic rings. The van der Waals surface area contributed by atoms with Gasteiger partial charge in [0.25, 0.3) is 0 Å². The summed E-state index contributed by atoms with van der Waals surface area (Å²) in [5, 5.41) is 23.7. The van der Waals surface area contributed by atoms with E-state index in [2.05, 4.69) is 5.28 Å². The van der Waals surface area contributed by atoms with Crippen molar-refractivity contribution >= 4 is 0 Å². The zero-order valence-electron chi connectivity index (χ0n) is 6.66. The van der Waals surface area contributed by atoms with Crippen LogP contribution < -0.4 is 0 Å². The first-order valence-corrected chi connectivity index (χ1v) is 2.94. The van der Waals surface area contributed by atoms with Gasteiger partial charge < -0.3 is 10.4 Å². The number of hydrazine groups is 1. The van der Waals surface area contributed by atoms with E-state index in [-0.39, 0.29) is 10.5 Å². The molecule has 60 valence electrons. The average Bonchev–Trinajstić information content (AvgIpc) is 1.83. The largest absolute Gasteiger partial charge is 0.737 e. The molecule has 0 saturated heterocycles. The molecule has 0 rings (SSSR count). The van der Waals surface area contributed by atoms with Crippen molar-refractivity contribution in [3.8, 4) is 0 Å². The van der Waals surface area contributed by atoms with Gasteiger partial charge in [-0.1, -0.05) is 0 Å². The summed E-state index contributed by atoms with van der Waals surface area (Å²) in [6.45, 7) is 5.43. The molecule has 0 radical (unpaired) electrons. The molecule has 0 atom stereocenters. The molecular weight excluding hydrogens is 134 g/mol. The highest BCUT2D eigenvalue weighted by Gasteiger charge is 2.22. The van der Waals surface area contributed by atoms with Gasteiger partial charge in [-0.05, 0) is 26.0 Å². The van der Waals surface area contributed by atoms with E-state index in [4.69, 9.17) is 0 Å². The Labute approximate surface area is 60.1 Å². The summed E-state index contributed by atoms with van der Waals surface area (Å²) in [7, 11) is 1.51. The van der Waals surface area contributed by atoms with Crippen molar-refractivity contribution in [3.05, 3.63) is 10.4 Å². The Kier molecular flexibility index (Phi) is 2.45. The summed E-state index contributed by atoms with van der Waals surface area (Å²) >= 11 is 0. The van der Waals surface area contributed by atoms with E-state index < -0.39 is 0 Å². The highest BCUT2D eigenvalue weighted by atomic mass is 16.6. The van der Waals surface area contributed by atoms with Crippen molar-refractivity contribution < 1.29 is 4.97 Å². The summed E-state index contributed by atoms with van der Waals surface area (Å²) < 4.78 is 0. The SMILES string of the molecule is CN(/[N+]([O-])=N\[O-])C(C)(C)C. The minimum absolute atomic E-state index is 0.0278. The van der Waals surface area contributed by atoms with E-state index in [9.17, 15) is 10.4 Å². The summed E-state index contributed by atoms with van der Waals surface area (Å²) in [4.78, 5) is 0.0278. The first kappa shape index (κ1) is 9.00. The van der Waals surface area contributed by atoms with Crippen molar-refractivity contribution in [2.45, 2.75) is 26.3 Å². The van der Waals surface area contributed by atoms with Crippen LogP contribution in [0.4, 0.5) is 0 Å². The van der Waals surface area contributed by atoms with E-state index >= 15 is 0 Å². The zero-order chi connectivity index (χ0) is 8.36. The lowest BCUT2D eigenvalue weighted by Gasteiger charge is -2.27. The molecule has 0 amide bonds. The average molecular weight is 146 g/mol. The normalized spacial score (nSPS) is 13.4. The van der Waals surface area contributed by atoms with Gasteiger partial charge in [-0.15, -0.1) is 5.01 Å². The summed E-state index contributed by atoms with van der Waals surface area (Å²) in [5.74, 6) is 0. The third-order valence-corrected chi connectivity index (χ3v) is 1.30. The maximum absolute atomic E-state index is 10.5. The Morgan fingerprint density at radius 2 is 1.80 bits per heavy atom. The molecule has 0 aliphatic carbocycles. The van der Waals surface area contributed by atoms with Crippen LogP contribution >= 0.6 is 0 Å². The van der Waals surface area contributed by atoms with Crippen molar-refractivity contribution in [2.24, 2.45) is 5.28 Å². The summed E-state index contributed by atoms with van der Waals surface area (Å²) in [5.41, 5.74) is -0.365. The molecular formula is C5H12N3O2-. The van der Waals surface area contributed by atoms with Crippen LogP contribution in [0.15, 0.2) is 5.28 Å². The fourth-order valence-corrected chi connectivity index (χ4v) is 0.311. The highest BCUT2D eigenvalue weighted by Crippen LogP contribution is 2.09. The predicted octanol–water partition coefficient (Wildman–Crippen LogP) is 1.09. The number of rotatable bonds is 1. The van der Waals surface area contributed by atoms with Crippen LogP contribution in [0.5, 0.6) is 0 Å². The molecule has 0 aromatic rings. The second kappa shape index (κ2) is 2.72. The van der Waals surface area contributed by atoms with Crippen LogP contribution in [-0.2, 0) is 0 Å². The maximum atomic E-state index is 10.5. The molecule has 5 nitrogen and oxygen atoms in total. The third-order valence-electron chi connectivity index (χ3n) is 1.30. The van der Waals surface area contributed by atoms with E-state index in [0.29, 0.717) is 0 Å². The number of hydrogen-bond acceptors (Lipinski definition) is 3. The quantitative estimate of drug-likeness (QED) is 0.316. The molecule has 0 aromatic carbocycles. The van der Waals surface area contributed by atoms with Gasteiger partial charge >= 0.3 is 0 Å². The molecule has 0 heterocycles. The molecule has 0 aromatic heterocycles. The lowest BCUT2D eigenvalue weighted by atomic mass is 10.1. The van der Waals surface area contributed by atoms with Crippen LogP contribution in [0.3, 0.4) is 0 Å². The number of hydrogen-bond donors (Lipinski definition) is 0. The smallest absolute Gasteiger partial charge is 0.0895 e. The first-order chi connectivity index (χ1) is 4.39. The van der Waals surface area contributed by atoms with Gasteiger partial charge in [0.2, 0.25) is 0 Å². The second-order valence-electron chi connectivity index (χ2n) is 3.03. The van der Waals surface area contributed by atoms with E-state index in [1.165, 1.54) is 12.1 Å². The van der Waals surface area contributed by atoms with Crippen molar-refractivity contribution in [1.82, 2.24) is 5.01 Å². The Hall–Kier alpha value is -1.00. The minimum Gasteiger partial charge on any atom is -0.737 e. The molecule has 0 fully saturated rings. The first-order valence-electron chi connectivity index (χ1n) is 2.94. The van der Waals surface area contributed by atoms with Crippen molar-refractivity contribution in [1.29, 1.82) is 0 Å². The molecule has 0 N–H and O–H groups in total. The third kappa shape index (κ3) is 2.08.